The number of benzene rings is 1. The van der Waals surface area contributed by atoms with E-state index in [-0.39, 0.29) is 30.9 Å². The van der Waals surface area contributed by atoms with Crippen LogP contribution in [0, 0.1) is 0 Å². The van der Waals surface area contributed by atoms with E-state index in [1.807, 2.05) is 37.3 Å². The molecule has 0 spiro atoms. The Balaban J connectivity index is 1.49. The Morgan fingerprint density at radius 2 is 1.89 bits per heavy atom. The first-order chi connectivity index (χ1) is 17.5. The van der Waals surface area contributed by atoms with Crippen LogP contribution in [-0.2, 0) is 17.9 Å². The summed E-state index contributed by atoms with van der Waals surface area (Å²) in [5, 5.41) is 7.94. The molecule has 5 rings (SSSR count). The number of carbonyl (C=O) groups excluding carboxylic acids is 2. The smallest absolute Gasteiger partial charge is 0.273 e. The molecule has 1 fully saturated rings. The lowest BCUT2D eigenvalue weighted by Crippen LogP contribution is -2.64. The van der Waals surface area contributed by atoms with E-state index in [1.54, 1.807) is 35.1 Å². The zero-order chi connectivity index (χ0) is 25.1. The molecule has 1 N–H and O–H groups in total. The predicted octanol–water partition coefficient (Wildman–Crippen LogP) is 4.80. The van der Waals surface area contributed by atoms with Crippen molar-refractivity contribution in [2.75, 3.05) is 7.11 Å². The summed E-state index contributed by atoms with van der Waals surface area (Å²) in [6.45, 7) is 2.34. The number of methoxy groups -OCH3 is 1. The predicted molar refractivity (Wildman–Crippen MR) is 135 cm³/mol. The molecule has 1 aliphatic heterocycles. The summed E-state index contributed by atoms with van der Waals surface area (Å²) in [6, 6.07) is 13.1. The molecule has 2 aliphatic rings. The number of rotatable bonds is 6. The van der Waals surface area contributed by atoms with Gasteiger partial charge in [-0.25, -0.2) is 0 Å². The number of ether oxygens (including phenoxy) is 1. The Morgan fingerprint density at radius 1 is 1.14 bits per heavy atom. The molecule has 1 aromatic carbocycles. The number of para-hydroxylation sites is 1. The fourth-order valence-corrected chi connectivity index (χ4v) is 5.38. The normalized spacial score (nSPS) is 20.9. The lowest BCUT2D eigenvalue weighted by molar-refractivity contribution is -0.134. The van der Waals surface area contributed by atoms with E-state index in [9.17, 15) is 9.59 Å². The molecule has 0 bridgehead atoms. The van der Waals surface area contributed by atoms with Gasteiger partial charge in [0.1, 0.15) is 22.7 Å². The number of amides is 2. The third-order valence-electron chi connectivity index (χ3n) is 7.52. The quantitative estimate of drug-likeness (QED) is 0.536. The van der Waals surface area contributed by atoms with Gasteiger partial charge in [-0.3, -0.25) is 14.3 Å². The van der Waals surface area contributed by atoms with Crippen LogP contribution in [0.2, 0.25) is 0 Å². The molecule has 1 saturated carbocycles. The van der Waals surface area contributed by atoms with E-state index in [2.05, 4.69) is 10.4 Å². The maximum atomic E-state index is 13.9. The van der Waals surface area contributed by atoms with Gasteiger partial charge in [0.2, 0.25) is 5.91 Å². The molecule has 2 amide bonds. The summed E-state index contributed by atoms with van der Waals surface area (Å²) in [7, 11) is 1.61. The first-order valence-corrected chi connectivity index (χ1v) is 12.9. The molecular weight excluding hydrogens is 456 g/mol. The molecule has 1 atom stereocenters. The topological polar surface area (TPSA) is 89.6 Å². The second kappa shape index (κ2) is 10.2. The molecular formula is C28H34N4O4. The highest BCUT2D eigenvalue weighted by Crippen LogP contribution is 2.33. The number of aromatic nitrogens is 2. The Bertz CT molecular complexity index is 1210. The van der Waals surface area contributed by atoms with Crippen LogP contribution in [0.4, 0.5) is 0 Å². The van der Waals surface area contributed by atoms with E-state index in [4.69, 9.17) is 9.15 Å². The van der Waals surface area contributed by atoms with Crippen molar-refractivity contribution in [3.05, 3.63) is 60.0 Å². The van der Waals surface area contributed by atoms with E-state index in [0.717, 1.165) is 31.2 Å². The van der Waals surface area contributed by atoms with Gasteiger partial charge in [0.15, 0.2) is 5.76 Å². The zero-order valence-electron chi connectivity index (χ0n) is 21.0. The van der Waals surface area contributed by atoms with Crippen LogP contribution < -0.4 is 10.1 Å². The van der Waals surface area contributed by atoms with Crippen molar-refractivity contribution in [2.24, 2.45) is 0 Å². The second-order valence-corrected chi connectivity index (χ2v) is 10.0. The SMILES string of the molecule is COc1ccccc1CN1C(=O)c2cc(-c3ccco3)nn2CC1(C)C(=O)NC1CCCCCCC1. The fourth-order valence-electron chi connectivity index (χ4n) is 5.38. The average molecular weight is 491 g/mol. The van der Waals surface area contributed by atoms with Crippen LogP contribution in [0.1, 0.15) is 67.9 Å². The Kier molecular flexibility index (Phi) is 6.85. The van der Waals surface area contributed by atoms with Crippen LogP contribution in [0.5, 0.6) is 5.75 Å². The highest BCUT2D eigenvalue weighted by atomic mass is 16.5. The fraction of sp³-hybridized carbons (Fsp3) is 0.464. The maximum absolute atomic E-state index is 13.9. The van der Waals surface area contributed by atoms with Crippen molar-refractivity contribution in [1.82, 2.24) is 20.0 Å². The molecule has 3 heterocycles. The molecule has 36 heavy (non-hydrogen) atoms. The highest BCUT2D eigenvalue weighted by molar-refractivity contribution is 6.00. The van der Waals surface area contributed by atoms with Crippen LogP contribution in [-0.4, -0.2) is 45.2 Å². The Morgan fingerprint density at radius 3 is 2.61 bits per heavy atom. The largest absolute Gasteiger partial charge is 0.496 e. The number of nitrogens with one attached hydrogen (secondary N) is 1. The lowest BCUT2D eigenvalue weighted by atomic mass is 9.91. The molecule has 2 aromatic heterocycles. The number of furan rings is 1. The molecule has 3 aromatic rings. The zero-order valence-corrected chi connectivity index (χ0v) is 21.0. The highest BCUT2D eigenvalue weighted by Gasteiger charge is 2.48. The van der Waals surface area contributed by atoms with E-state index in [0.29, 0.717) is 22.9 Å². The van der Waals surface area contributed by atoms with E-state index >= 15 is 0 Å². The van der Waals surface area contributed by atoms with Gasteiger partial charge >= 0.3 is 0 Å². The second-order valence-electron chi connectivity index (χ2n) is 10.0. The Labute approximate surface area is 211 Å². The molecule has 1 unspecified atom stereocenters. The van der Waals surface area contributed by atoms with Crippen molar-refractivity contribution < 1.29 is 18.7 Å². The minimum absolute atomic E-state index is 0.121. The number of carbonyl (C=O) groups is 2. The monoisotopic (exact) mass is 490 g/mol. The van der Waals surface area contributed by atoms with Crippen molar-refractivity contribution >= 4 is 11.8 Å². The van der Waals surface area contributed by atoms with Gasteiger partial charge in [0.05, 0.1) is 26.5 Å². The summed E-state index contributed by atoms with van der Waals surface area (Å²) in [4.78, 5) is 29.5. The van der Waals surface area contributed by atoms with Gasteiger partial charge in [-0.2, -0.15) is 5.10 Å². The van der Waals surface area contributed by atoms with Crippen molar-refractivity contribution in [3.8, 4) is 17.2 Å². The van der Waals surface area contributed by atoms with Gasteiger partial charge in [-0.1, -0.05) is 50.3 Å². The van der Waals surface area contributed by atoms with Crippen LogP contribution in [0.3, 0.4) is 0 Å². The number of hydrogen-bond donors (Lipinski definition) is 1. The van der Waals surface area contributed by atoms with Gasteiger partial charge in [-0.15, -0.1) is 0 Å². The lowest BCUT2D eigenvalue weighted by Gasteiger charge is -2.44. The summed E-state index contributed by atoms with van der Waals surface area (Å²) in [6.07, 6.45) is 9.41. The number of fused-ring (bicyclic) bond motifs is 1. The van der Waals surface area contributed by atoms with Gasteiger partial charge < -0.3 is 19.4 Å². The van der Waals surface area contributed by atoms with Crippen LogP contribution >= 0.6 is 0 Å². The minimum atomic E-state index is -1.13. The van der Waals surface area contributed by atoms with Crippen LogP contribution in [0.25, 0.3) is 11.5 Å². The summed E-state index contributed by atoms with van der Waals surface area (Å²) < 4.78 is 12.7. The number of nitrogens with zero attached hydrogens (tertiary/aromatic N) is 3. The van der Waals surface area contributed by atoms with Crippen molar-refractivity contribution in [3.63, 3.8) is 0 Å². The molecule has 8 heteroatoms. The Hall–Kier alpha value is -3.55. The molecule has 8 nitrogen and oxygen atoms in total. The third kappa shape index (κ3) is 4.64. The first kappa shape index (κ1) is 24.2. The molecule has 1 aliphatic carbocycles. The van der Waals surface area contributed by atoms with Crippen LogP contribution in [0.15, 0.2) is 53.1 Å². The van der Waals surface area contributed by atoms with Crippen molar-refractivity contribution in [2.45, 2.75) is 76.5 Å². The third-order valence-corrected chi connectivity index (χ3v) is 7.52. The van der Waals surface area contributed by atoms with Gasteiger partial charge in [-0.05, 0) is 38.0 Å². The van der Waals surface area contributed by atoms with Crippen molar-refractivity contribution in [1.29, 1.82) is 0 Å². The molecule has 0 radical (unpaired) electrons. The molecule has 190 valence electrons. The minimum Gasteiger partial charge on any atom is -0.496 e. The van der Waals surface area contributed by atoms with E-state index < -0.39 is 5.54 Å². The maximum Gasteiger partial charge on any atom is 0.273 e. The summed E-state index contributed by atoms with van der Waals surface area (Å²) >= 11 is 0. The average Bonchev–Trinajstić information content (AvgIpc) is 3.54. The molecule has 0 saturated heterocycles. The first-order valence-electron chi connectivity index (χ1n) is 12.9. The summed E-state index contributed by atoms with van der Waals surface area (Å²) in [5.41, 5.74) is 0.732. The summed E-state index contributed by atoms with van der Waals surface area (Å²) in [5.74, 6) is 0.884. The standard InChI is InChI=1S/C28H34N4O4/c1-28(27(34)29-21-12-6-4-3-5-7-13-21)19-32-23(17-22(30-32)25-15-10-16-36-25)26(33)31(28)18-20-11-8-9-14-24(20)35-2/h8-11,14-17,21H,3-7,12-13,18-19H2,1-2H3,(H,29,34). The van der Waals surface area contributed by atoms with Gasteiger partial charge in [0.25, 0.3) is 5.91 Å². The van der Waals surface area contributed by atoms with Gasteiger partial charge in [0, 0.05) is 17.7 Å². The number of hydrogen-bond acceptors (Lipinski definition) is 5. The van der Waals surface area contributed by atoms with E-state index in [1.165, 1.54) is 19.3 Å².